The Balaban J connectivity index is 1.91. The van der Waals surface area contributed by atoms with Crippen LogP contribution in [0.1, 0.15) is 0 Å². The Kier molecular flexibility index (Phi) is 4.81. The zero-order valence-corrected chi connectivity index (χ0v) is 14.0. The van der Waals surface area contributed by atoms with E-state index in [4.69, 9.17) is 9.47 Å². The molecule has 0 fully saturated rings. The van der Waals surface area contributed by atoms with E-state index in [1.165, 1.54) is 0 Å². The van der Waals surface area contributed by atoms with Crippen molar-refractivity contribution in [2.75, 3.05) is 38.5 Å². The number of methoxy groups -OCH3 is 2. The Hall–Kier alpha value is -2.80. The average Bonchev–Trinajstić information content (AvgIpc) is 2.97. The van der Waals surface area contributed by atoms with Crippen molar-refractivity contribution in [3.63, 3.8) is 0 Å². The van der Waals surface area contributed by atoms with Crippen LogP contribution >= 0.6 is 0 Å². The molecule has 0 amide bonds. The zero-order valence-electron chi connectivity index (χ0n) is 14.0. The van der Waals surface area contributed by atoms with Crippen molar-refractivity contribution in [2.24, 2.45) is 0 Å². The highest BCUT2D eigenvalue weighted by molar-refractivity contribution is 5.81. The van der Waals surface area contributed by atoms with Crippen LogP contribution in [0.15, 0.2) is 36.5 Å². The summed E-state index contributed by atoms with van der Waals surface area (Å²) in [7, 11) is 5.20. The number of nitrogens with zero attached hydrogens (tertiary/aromatic N) is 3. The quantitative estimate of drug-likeness (QED) is 0.695. The van der Waals surface area contributed by atoms with Gasteiger partial charge >= 0.3 is 0 Å². The van der Waals surface area contributed by atoms with Gasteiger partial charge in [-0.3, -0.25) is 0 Å². The summed E-state index contributed by atoms with van der Waals surface area (Å²) in [5.41, 5.74) is 2.79. The standard InChI is InChI=1S/C17H21N5O2/c1-18-17-21-14-11-19-16(10-15(14)22(17)8-9-23-2)20-12-4-6-13(24-3)7-5-12/h4-7,10-11H,8-9H2,1-3H3,(H,18,21)(H,19,20). The lowest BCUT2D eigenvalue weighted by atomic mass is 10.3. The molecule has 7 nitrogen and oxygen atoms in total. The predicted octanol–water partition coefficient (Wildman–Crippen LogP) is 2.87. The molecular formula is C17H21N5O2. The summed E-state index contributed by atoms with van der Waals surface area (Å²) >= 11 is 0. The number of anilines is 3. The molecule has 24 heavy (non-hydrogen) atoms. The van der Waals surface area contributed by atoms with Gasteiger partial charge in [0.25, 0.3) is 0 Å². The molecule has 0 aliphatic rings. The first kappa shape index (κ1) is 16.1. The van der Waals surface area contributed by atoms with Crippen molar-refractivity contribution in [2.45, 2.75) is 6.54 Å². The number of rotatable bonds is 7. The van der Waals surface area contributed by atoms with Crippen LogP contribution in [-0.4, -0.2) is 42.4 Å². The number of nitrogens with one attached hydrogen (secondary N) is 2. The molecule has 0 saturated carbocycles. The highest BCUT2D eigenvalue weighted by Crippen LogP contribution is 2.24. The molecule has 0 bridgehead atoms. The van der Waals surface area contributed by atoms with Crippen molar-refractivity contribution < 1.29 is 9.47 Å². The lowest BCUT2D eigenvalue weighted by Gasteiger charge is -2.09. The maximum absolute atomic E-state index is 5.19. The third kappa shape index (κ3) is 3.26. The molecule has 0 atom stereocenters. The number of fused-ring (bicyclic) bond motifs is 1. The third-order valence-corrected chi connectivity index (χ3v) is 3.74. The van der Waals surface area contributed by atoms with Gasteiger partial charge in [0.2, 0.25) is 5.95 Å². The molecule has 2 N–H and O–H groups in total. The fourth-order valence-electron chi connectivity index (χ4n) is 2.52. The molecule has 0 spiro atoms. The predicted molar refractivity (Wildman–Crippen MR) is 95.2 cm³/mol. The van der Waals surface area contributed by atoms with E-state index >= 15 is 0 Å². The summed E-state index contributed by atoms with van der Waals surface area (Å²) in [6.07, 6.45) is 1.77. The number of aromatic nitrogens is 3. The van der Waals surface area contributed by atoms with E-state index < -0.39 is 0 Å². The van der Waals surface area contributed by atoms with Gasteiger partial charge in [-0.25, -0.2) is 9.97 Å². The second kappa shape index (κ2) is 7.18. The lowest BCUT2D eigenvalue weighted by molar-refractivity contribution is 0.189. The van der Waals surface area contributed by atoms with Crippen molar-refractivity contribution in [3.8, 4) is 5.75 Å². The molecule has 0 unspecified atom stereocenters. The Bertz CT molecular complexity index is 814. The van der Waals surface area contributed by atoms with E-state index in [2.05, 4.69) is 25.2 Å². The molecule has 1 aromatic carbocycles. The fraction of sp³-hybridized carbons (Fsp3) is 0.294. The minimum absolute atomic E-state index is 0.615. The van der Waals surface area contributed by atoms with Gasteiger partial charge < -0.3 is 24.7 Å². The van der Waals surface area contributed by atoms with Crippen LogP contribution in [0.2, 0.25) is 0 Å². The molecule has 126 valence electrons. The van der Waals surface area contributed by atoms with Crippen LogP contribution in [0.25, 0.3) is 11.0 Å². The molecule has 0 aliphatic heterocycles. The minimum Gasteiger partial charge on any atom is -0.497 e. The van der Waals surface area contributed by atoms with E-state index in [1.54, 1.807) is 20.4 Å². The van der Waals surface area contributed by atoms with Crippen molar-refractivity contribution in [1.29, 1.82) is 0 Å². The summed E-state index contributed by atoms with van der Waals surface area (Å²) in [5, 5.41) is 6.41. The van der Waals surface area contributed by atoms with Crippen LogP contribution in [0, 0.1) is 0 Å². The number of ether oxygens (including phenoxy) is 2. The maximum Gasteiger partial charge on any atom is 0.203 e. The lowest BCUT2D eigenvalue weighted by Crippen LogP contribution is -2.08. The van der Waals surface area contributed by atoms with Gasteiger partial charge in [0.1, 0.15) is 17.1 Å². The molecule has 3 aromatic rings. The molecule has 2 heterocycles. The number of imidazole rings is 1. The molecule has 0 saturated heterocycles. The highest BCUT2D eigenvalue weighted by Gasteiger charge is 2.11. The van der Waals surface area contributed by atoms with E-state index in [0.717, 1.165) is 40.8 Å². The Morgan fingerprint density at radius 1 is 1.17 bits per heavy atom. The zero-order chi connectivity index (χ0) is 16.9. The number of hydrogen-bond acceptors (Lipinski definition) is 6. The molecule has 7 heteroatoms. The number of benzene rings is 1. The maximum atomic E-state index is 5.19. The summed E-state index contributed by atoms with van der Waals surface area (Å²) in [4.78, 5) is 8.98. The van der Waals surface area contributed by atoms with Crippen LogP contribution in [0.3, 0.4) is 0 Å². The highest BCUT2D eigenvalue weighted by atomic mass is 16.5. The molecule has 3 rings (SSSR count). The van der Waals surface area contributed by atoms with Crippen LogP contribution in [0.5, 0.6) is 5.75 Å². The molecule has 0 radical (unpaired) electrons. The van der Waals surface area contributed by atoms with Crippen molar-refractivity contribution in [3.05, 3.63) is 36.5 Å². The fourth-order valence-corrected chi connectivity index (χ4v) is 2.52. The monoisotopic (exact) mass is 327 g/mol. The molecule has 2 aromatic heterocycles. The van der Waals surface area contributed by atoms with E-state index in [9.17, 15) is 0 Å². The SMILES string of the molecule is CNc1nc2cnc(Nc3ccc(OC)cc3)cc2n1CCOC. The Morgan fingerprint density at radius 3 is 2.62 bits per heavy atom. The van der Waals surface area contributed by atoms with E-state index in [-0.39, 0.29) is 0 Å². The smallest absolute Gasteiger partial charge is 0.203 e. The van der Waals surface area contributed by atoms with Gasteiger partial charge in [0.05, 0.1) is 25.4 Å². The average molecular weight is 327 g/mol. The van der Waals surface area contributed by atoms with Gasteiger partial charge in [0, 0.05) is 32.5 Å². The third-order valence-electron chi connectivity index (χ3n) is 3.74. The van der Waals surface area contributed by atoms with Crippen molar-refractivity contribution in [1.82, 2.24) is 14.5 Å². The Morgan fingerprint density at radius 2 is 1.96 bits per heavy atom. The summed E-state index contributed by atoms with van der Waals surface area (Å²) in [5.74, 6) is 2.37. The second-order valence-corrected chi connectivity index (χ2v) is 5.24. The summed E-state index contributed by atoms with van der Waals surface area (Å²) < 4.78 is 12.4. The Labute approximate surface area is 140 Å². The first-order valence-electron chi connectivity index (χ1n) is 7.69. The van der Waals surface area contributed by atoms with Gasteiger partial charge in [-0.2, -0.15) is 0 Å². The van der Waals surface area contributed by atoms with E-state index in [1.807, 2.05) is 37.4 Å². The largest absolute Gasteiger partial charge is 0.497 e. The second-order valence-electron chi connectivity index (χ2n) is 5.24. The minimum atomic E-state index is 0.615. The van der Waals surface area contributed by atoms with Gasteiger partial charge in [-0.15, -0.1) is 0 Å². The topological polar surface area (TPSA) is 73.2 Å². The molecular weight excluding hydrogens is 306 g/mol. The van der Waals surface area contributed by atoms with Crippen molar-refractivity contribution >= 4 is 28.5 Å². The van der Waals surface area contributed by atoms with E-state index in [0.29, 0.717) is 6.61 Å². The normalized spacial score (nSPS) is 10.8. The van der Waals surface area contributed by atoms with Crippen LogP contribution in [-0.2, 0) is 11.3 Å². The number of hydrogen-bond donors (Lipinski definition) is 2. The van der Waals surface area contributed by atoms with Crippen LogP contribution < -0.4 is 15.4 Å². The molecule has 0 aliphatic carbocycles. The van der Waals surface area contributed by atoms with Crippen LogP contribution in [0.4, 0.5) is 17.5 Å². The summed E-state index contributed by atoms with van der Waals surface area (Å²) in [6.45, 7) is 1.33. The van der Waals surface area contributed by atoms with Gasteiger partial charge in [-0.1, -0.05) is 0 Å². The first-order valence-corrected chi connectivity index (χ1v) is 7.69. The number of pyridine rings is 1. The summed E-state index contributed by atoms with van der Waals surface area (Å²) in [6, 6.07) is 9.70. The first-order chi connectivity index (χ1) is 11.7. The van der Waals surface area contributed by atoms with Gasteiger partial charge in [0.15, 0.2) is 0 Å². The van der Waals surface area contributed by atoms with Gasteiger partial charge in [-0.05, 0) is 24.3 Å².